The molecule has 2 rings (SSSR count). The Kier molecular flexibility index (Phi) is 3.38. The molecule has 2 aromatic heterocycles. The van der Waals surface area contributed by atoms with Crippen molar-refractivity contribution in [3.8, 4) is 0 Å². The lowest BCUT2D eigenvalue weighted by molar-refractivity contribution is 0.0690. The lowest BCUT2D eigenvalue weighted by atomic mass is 10.2. The van der Waals surface area contributed by atoms with Gasteiger partial charge in [0.2, 0.25) is 0 Å². The van der Waals surface area contributed by atoms with E-state index in [-0.39, 0.29) is 17.6 Å². The van der Waals surface area contributed by atoms with E-state index in [0.717, 1.165) is 11.3 Å². The normalized spacial score (nSPS) is 12.3. The molecule has 1 unspecified atom stereocenters. The highest BCUT2D eigenvalue weighted by atomic mass is 32.1. The molecule has 17 heavy (non-hydrogen) atoms. The predicted octanol–water partition coefficient (Wildman–Crippen LogP) is 2.04. The SMILES string of the molecule is CC(CNc1nc(C(=O)O)co1)c1nccs1. The molecule has 1 atom stereocenters. The molecular weight excluding hydrogens is 242 g/mol. The Hall–Kier alpha value is -1.89. The van der Waals surface area contributed by atoms with Crippen molar-refractivity contribution in [2.24, 2.45) is 0 Å². The fraction of sp³-hybridized carbons (Fsp3) is 0.300. The molecule has 2 heterocycles. The van der Waals surface area contributed by atoms with E-state index >= 15 is 0 Å². The maximum Gasteiger partial charge on any atom is 0.357 e. The molecule has 0 aliphatic rings. The maximum atomic E-state index is 10.6. The lowest BCUT2D eigenvalue weighted by Crippen LogP contribution is -2.10. The quantitative estimate of drug-likeness (QED) is 0.847. The van der Waals surface area contributed by atoms with Gasteiger partial charge >= 0.3 is 5.97 Å². The Morgan fingerprint density at radius 2 is 2.53 bits per heavy atom. The van der Waals surface area contributed by atoms with Gasteiger partial charge in [-0.05, 0) is 0 Å². The maximum absolute atomic E-state index is 10.6. The molecule has 0 fully saturated rings. The number of anilines is 1. The molecule has 0 aliphatic heterocycles. The van der Waals surface area contributed by atoms with Gasteiger partial charge in [0, 0.05) is 24.0 Å². The second-order valence-corrected chi connectivity index (χ2v) is 4.42. The molecule has 6 nitrogen and oxygen atoms in total. The Balaban J connectivity index is 1.91. The van der Waals surface area contributed by atoms with Crippen molar-refractivity contribution in [3.63, 3.8) is 0 Å². The van der Waals surface area contributed by atoms with Crippen LogP contribution in [0, 0.1) is 0 Å². The fourth-order valence-corrected chi connectivity index (χ4v) is 1.96. The topological polar surface area (TPSA) is 88.2 Å². The zero-order chi connectivity index (χ0) is 12.3. The van der Waals surface area contributed by atoms with E-state index in [1.54, 1.807) is 17.5 Å². The van der Waals surface area contributed by atoms with E-state index in [1.807, 2.05) is 12.3 Å². The minimum Gasteiger partial charge on any atom is -0.476 e. The highest BCUT2D eigenvalue weighted by Gasteiger charge is 2.12. The summed E-state index contributed by atoms with van der Waals surface area (Å²) in [5.74, 6) is -0.884. The van der Waals surface area contributed by atoms with E-state index < -0.39 is 5.97 Å². The van der Waals surface area contributed by atoms with Crippen LogP contribution in [0.5, 0.6) is 0 Å². The Morgan fingerprint density at radius 3 is 3.12 bits per heavy atom. The summed E-state index contributed by atoms with van der Waals surface area (Å²) < 4.78 is 4.97. The van der Waals surface area contributed by atoms with Crippen molar-refractivity contribution in [2.45, 2.75) is 12.8 Å². The molecule has 2 aromatic rings. The summed E-state index contributed by atoms with van der Waals surface area (Å²) >= 11 is 1.58. The minimum absolute atomic E-state index is 0.102. The minimum atomic E-state index is -1.10. The number of oxazole rings is 1. The van der Waals surface area contributed by atoms with Crippen LogP contribution < -0.4 is 5.32 Å². The summed E-state index contributed by atoms with van der Waals surface area (Å²) in [6.07, 6.45) is 2.86. The molecule has 0 saturated heterocycles. The molecule has 0 saturated carbocycles. The van der Waals surface area contributed by atoms with Crippen molar-refractivity contribution in [1.29, 1.82) is 0 Å². The van der Waals surface area contributed by atoms with Crippen LogP contribution in [0.15, 0.2) is 22.3 Å². The highest BCUT2D eigenvalue weighted by molar-refractivity contribution is 7.09. The lowest BCUT2D eigenvalue weighted by Gasteiger charge is -2.07. The first-order valence-corrected chi connectivity index (χ1v) is 5.87. The predicted molar refractivity (Wildman–Crippen MR) is 62.5 cm³/mol. The number of aromatic carboxylic acids is 1. The molecule has 90 valence electrons. The molecule has 0 spiro atoms. The van der Waals surface area contributed by atoms with Gasteiger partial charge in [0.15, 0.2) is 5.69 Å². The molecule has 0 bridgehead atoms. The van der Waals surface area contributed by atoms with Gasteiger partial charge in [-0.1, -0.05) is 6.92 Å². The molecule has 7 heteroatoms. The Labute approximate surface area is 101 Å². The zero-order valence-electron chi connectivity index (χ0n) is 9.08. The number of thiazole rings is 1. The van der Waals surface area contributed by atoms with Crippen LogP contribution in [0.1, 0.15) is 28.3 Å². The van der Waals surface area contributed by atoms with Crippen molar-refractivity contribution in [2.75, 3.05) is 11.9 Å². The number of hydrogen-bond acceptors (Lipinski definition) is 6. The number of carboxylic acid groups (broad SMARTS) is 1. The number of nitrogens with zero attached hydrogens (tertiary/aromatic N) is 2. The summed E-state index contributed by atoms with van der Waals surface area (Å²) in [5.41, 5.74) is -0.102. The van der Waals surface area contributed by atoms with Crippen LogP contribution >= 0.6 is 11.3 Å². The first-order chi connectivity index (χ1) is 8.16. The van der Waals surface area contributed by atoms with Crippen LogP contribution in [0.4, 0.5) is 6.01 Å². The summed E-state index contributed by atoms with van der Waals surface area (Å²) in [4.78, 5) is 18.5. The fourth-order valence-electron chi connectivity index (χ4n) is 1.26. The average molecular weight is 253 g/mol. The van der Waals surface area contributed by atoms with Crippen LogP contribution in [0.3, 0.4) is 0 Å². The molecule has 0 aliphatic carbocycles. The third-order valence-electron chi connectivity index (χ3n) is 2.16. The van der Waals surface area contributed by atoms with Crippen molar-refractivity contribution in [3.05, 3.63) is 28.5 Å². The first kappa shape index (κ1) is 11.6. The Morgan fingerprint density at radius 1 is 1.71 bits per heavy atom. The summed E-state index contributed by atoms with van der Waals surface area (Å²) in [6, 6.07) is 0.214. The monoisotopic (exact) mass is 253 g/mol. The van der Waals surface area contributed by atoms with Crippen molar-refractivity contribution >= 4 is 23.3 Å². The van der Waals surface area contributed by atoms with Crippen LogP contribution in [0.2, 0.25) is 0 Å². The highest BCUT2D eigenvalue weighted by Crippen LogP contribution is 2.18. The number of carboxylic acids is 1. The van der Waals surface area contributed by atoms with Gasteiger partial charge in [0.05, 0.1) is 5.01 Å². The van der Waals surface area contributed by atoms with E-state index in [1.165, 1.54) is 0 Å². The number of rotatable bonds is 5. The van der Waals surface area contributed by atoms with E-state index in [4.69, 9.17) is 9.52 Å². The van der Waals surface area contributed by atoms with E-state index in [0.29, 0.717) is 6.54 Å². The largest absolute Gasteiger partial charge is 0.476 e. The number of carbonyl (C=O) groups is 1. The Bertz CT molecular complexity index is 495. The van der Waals surface area contributed by atoms with Gasteiger partial charge in [0.1, 0.15) is 6.26 Å². The average Bonchev–Trinajstić information content (AvgIpc) is 2.97. The third kappa shape index (κ3) is 2.82. The van der Waals surface area contributed by atoms with Gasteiger partial charge in [-0.3, -0.25) is 0 Å². The third-order valence-corrected chi connectivity index (χ3v) is 3.16. The second kappa shape index (κ2) is 4.96. The standard InChI is InChI=1S/C10H11N3O3S/c1-6(8-11-2-3-17-8)4-12-10-13-7(5-16-10)9(14)15/h2-3,5-6H,4H2,1H3,(H,12,13)(H,14,15). The van der Waals surface area contributed by atoms with Gasteiger partial charge < -0.3 is 14.8 Å². The number of hydrogen-bond donors (Lipinski definition) is 2. The van der Waals surface area contributed by atoms with Gasteiger partial charge in [-0.2, -0.15) is 4.98 Å². The van der Waals surface area contributed by atoms with Crippen LogP contribution in [-0.4, -0.2) is 27.6 Å². The summed E-state index contributed by atoms with van der Waals surface area (Å²) in [6.45, 7) is 2.61. The van der Waals surface area contributed by atoms with Gasteiger partial charge in [-0.15, -0.1) is 11.3 Å². The molecular formula is C10H11N3O3S. The van der Waals surface area contributed by atoms with Gasteiger partial charge in [0.25, 0.3) is 6.01 Å². The summed E-state index contributed by atoms with van der Waals surface area (Å²) in [7, 11) is 0. The first-order valence-electron chi connectivity index (χ1n) is 4.99. The van der Waals surface area contributed by atoms with Crippen LogP contribution in [-0.2, 0) is 0 Å². The molecule has 0 radical (unpaired) electrons. The van der Waals surface area contributed by atoms with E-state index in [2.05, 4.69) is 15.3 Å². The second-order valence-electron chi connectivity index (χ2n) is 3.50. The molecule has 2 N–H and O–H groups in total. The van der Waals surface area contributed by atoms with Crippen molar-refractivity contribution in [1.82, 2.24) is 9.97 Å². The molecule has 0 amide bonds. The van der Waals surface area contributed by atoms with Crippen molar-refractivity contribution < 1.29 is 14.3 Å². The summed E-state index contributed by atoms with van der Waals surface area (Å²) in [5, 5.41) is 14.5. The molecule has 0 aromatic carbocycles. The smallest absolute Gasteiger partial charge is 0.357 e. The zero-order valence-corrected chi connectivity index (χ0v) is 9.90. The number of aromatic nitrogens is 2. The number of nitrogens with one attached hydrogen (secondary N) is 1. The van der Waals surface area contributed by atoms with E-state index in [9.17, 15) is 4.79 Å². The van der Waals surface area contributed by atoms with Crippen LogP contribution in [0.25, 0.3) is 0 Å². The van der Waals surface area contributed by atoms with Gasteiger partial charge in [-0.25, -0.2) is 9.78 Å².